The molecule has 0 saturated carbocycles. The van der Waals surface area contributed by atoms with Gasteiger partial charge in [0.25, 0.3) is 0 Å². The summed E-state index contributed by atoms with van der Waals surface area (Å²) in [5.74, 6) is 0. The van der Waals surface area contributed by atoms with Crippen LogP contribution in [-0.2, 0) is 7.05 Å². The Hall–Kier alpha value is -1.10. The molecule has 2 rings (SSSR count). The maximum Gasteiger partial charge on any atom is 0.0936 e. The highest BCUT2D eigenvalue weighted by atomic mass is 35.5. The van der Waals surface area contributed by atoms with Gasteiger partial charge in [-0.25, -0.2) is 0 Å². The Kier molecular flexibility index (Phi) is 4.22. The number of aromatic nitrogens is 3. The summed E-state index contributed by atoms with van der Waals surface area (Å²) < 4.78 is 1.76. The third-order valence-corrected chi connectivity index (χ3v) is 3.18. The van der Waals surface area contributed by atoms with E-state index in [1.54, 1.807) is 17.1 Å². The summed E-state index contributed by atoms with van der Waals surface area (Å²) in [6.45, 7) is 2.84. The van der Waals surface area contributed by atoms with Gasteiger partial charge in [0.2, 0.25) is 0 Å². The van der Waals surface area contributed by atoms with Crippen LogP contribution < -0.4 is 5.32 Å². The molecule has 1 N–H and O–H groups in total. The lowest BCUT2D eigenvalue weighted by Gasteiger charge is -2.18. The molecule has 18 heavy (non-hydrogen) atoms. The van der Waals surface area contributed by atoms with Gasteiger partial charge < -0.3 is 5.32 Å². The molecule has 0 aliphatic heterocycles. The number of hydrogen-bond acceptors (Lipinski definition) is 3. The second kappa shape index (κ2) is 5.69. The lowest BCUT2D eigenvalue weighted by molar-refractivity contribution is 0.562. The van der Waals surface area contributed by atoms with Crippen molar-refractivity contribution in [3.63, 3.8) is 0 Å². The Labute approximate surface area is 116 Å². The predicted octanol–water partition coefficient (Wildman–Crippen LogP) is 2.82. The normalized spacial score (nSPS) is 12.7. The monoisotopic (exact) mass is 284 g/mol. The summed E-state index contributed by atoms with van der Waals surface area (Å²) in [5.41, 5.74) is 1.76. The third kappa shape index (κ3) is 2.66. The minimum Gasteiger partial charge on any atom is -0.304 e. The van der Waals surface area contributed by atoms with Crippen LogP contribution in [0.2, 0.25) is 10.0 Å². The van der Waals surface area contributed by atoms with Gasteiger partial charge in [-0.05, 0) is 18.7 Å². The molecule has 0 aliphatic rings. The number of nitrogens with zero attached hydrogens (tertiary/aromatic N) is 3. The van der Waals surface area contributed by atoms with Crippen molar-refractivity contribution in [2.45, 2.75) is 13.0 Å². The van der Waals surface area contributed by atoms with E-state index in [9.17, 15) is 0 Å². The number of nitrogens with one attached hydrogen (secondary N) is 1. The molecule has 0 aliphatic carbocycles. The highest BCUT2D eigenvalue weighted by Gasteiger charge is 2.21. The number of rotatable bonds is 4. The van der Waals surface area contributed by atoms with Crippen molar-refractivity contribution in [3.8, 4) is 0 Å². The summed E-state index contributed by atoms with van der Waals surface area (Å²) >= 11 is 12.0. The van der Waals surface area contributed by atoms with Crippen LogP contribution in [-0.4, -0.2) is 21.3 Å². The first-order valence-electron chi connectivity index (χ1n) is 5.65. The highest BCUT2D eigenvalue weighted by Crippen LogP contribution is 2.27. The maximum absolute atomic E-state index is 6.18. The molecule has 0 bridgehead atoms. The zero-order valence-corrected chi connectivity index (χ0v) is 11.7. The van der Waals surface area contributed by atoms with Gasteiger partial charge in [-0.3, -0.25) is 9.67 Å². The minimum atomic E-state index is -0.0905. The van der Waals surface area contributed by atoms with Gasteiger partial charge in [0.1, 0.15) is 0 Å². The summed E-state index contributed by atoms with van der Waals surface area (Å²) in [4.78, 5) is 4.34. The highest BCUT2D eigenvalue weighted by molar-refractivity contribution is 6.31. The van der Waals surface area contributed by atoms with E-state index in [0.717, 1.165) is 17.9 Å². The van der Waals surface area contributed by atoms with Crippen LogP contribution in [0, 0.1) is 0 Å². The van der Waals surface area contributed by atoms with Crippen molar-refractivity contribution in [1.29, 1.82) is 0 Å². The molecule has 96 valence electrons. The first-order valence-corrected chi connectivity index (χ1v) is 6.41. The molecule has 2 aromatic rings. The van der Waals surface area contributed by atoms with Crippen LogP contribution in [0.4, 0.5) is 0 Å². The van der Waals surface area contributed by atoms with Gasteiger partial charge in [-0.1, -0.05) is 30.1 Å². The first kappa shape index (κ1) is 13.3. The molecule has 1 unspecified atom stereocenters. The van der Waals surface area contributed by atoms with Crippen LogP contribution in [0.5, 0.6) is 0 Å². The average molecular weight is 285 g/mol. The first-order chi connectivity index (χ1) is 8.63. The van der Waals surface area contributed by atoms with E-state index in [-0.39, 0.29) is 6.04 Å². The van der Waals surface area contributed by atoms with Crippen LogP contribution in [0.1, 0.15) is 24.4 Å². The van der Waals surface area contributed by atoms with Crippen LogP contribution in [0.25, 0.3) is 0 Å². The van der Waals surface area contributed by atoms with Crippen LogP contribution in [0.3, 0.4) is 0 Å². The number of halogens is 2. The second-order valence-corrected chi connectivity index (χ2v) is 4.74. The molecular weight excluding hydrogens is 271 g/mol. The Morgan fingerprint density at radius 1 is 1.33 bits per heavy atom. The van der Waals surface area contributed by atoms with E-state index in [1.165, 1.54) is 0 Å². The van der Waals surface area contributed by atoms with E-state index in [2.05, 4.69) is 15.4 Å². The van der Waals surface area contributed by atoms with Crippen LogP contribution >= 0.6 is 23.2 Å². The third-order valence-electron chi connectivity index (χ3n) is 2.67. The molecule has 0 radical (unpaired) electrons. The average Bonchev–Trinajstić information content (AvgIpc) is 2.68. The van der Waals surface area contributed by atoms with Crippen molar-refractivity contribution in [2.24, 2.45) is 7.05 Å². The molecule has 6 heteroatoms. The summed E-state index contributed by atoms with van der Waals surface area (Å²) in [5, 5.41) is 8.75. The molecule has 0 aromatic carbocycles. The van der Waals surface area contributed by atoms with Crippen molar-refractivity contribution in [2.75, 3.05) is 6.54 Å². The van der Waals surface area contributed by atoms with Crippen molar-refractivity contribution < 1.29 is 0 Å². The van der Waals surface area contributed by atoms with E-state index >= 15 is 0 Å². The van der Waals surface area contributed by atoms with Crippen molar-refractivity contribution in [1.82, 2.24) is 20.1 Å². The van der Waals surface area contributed by atoms with E-state index in [0.29, 0.717) is 10.0 Å². The Morgan fingerprint density at radius 2 is 2.11 bits per heavy atom. The fourth-order valence-corrected chi connectivity index (χ4v) is 2.24. The molecule has 4 nitrogen and oxygen atoms in total. The molecule has 1 atom stereocenters. The molecule has 0 fully saturated rings. The standard InChI is InChI=1S/C12H14Cl2N4/c1-3-15-11(10-5-4-8(13)6-16-10)12-9(14)7-17-18(12)2/h4-7,11,15H,3H2,1-2H3. The van der Waals surface area contributed by atoms with Crippen molar-refractivity contribution in [3.05, 3.63) is 46.0 Å². The quantitative estimate of drug-likeness (QED) is 0.939. The van der Waals surface area contributed by atoms with Gasteiger partial charge in [-0.15, -0.1) is 0 Å². The molecule has 2 heterocycles. The fraction of sp³-hybridized carbons (Fsp3) is 0.333. The Morgan fingerprint density at radius 3 is 2.61 bits per heavy atom. The zero-order valence-electron chi connectivity index (χ0n) is 10.2. The second-order valence-electron chi connectivity index (χ2n) is 3.89. The largest absolute Gasteiger partial charge is 0.304 e. The summed E-state index contributed by atoms with van der Waals surface area (Å²) in [6, 6.07) is 3.62. The van der Waals surface area contributed by atoms with Gasteiger partial charge in [-0.2, -0.15) is 5.10 Å². The molecule has 0 saturated heterocycles. The summed E-state index contributed by atoms with van der Waals surface area (Å²) in [7, 11) is 1.86. The SMILES string of the molecule is CCNC(c1ccc(Cl)cn1)c1c(Cl)cnn1C. The van der Waals surface area contributed by atoms with E-state index < -0.39 is 0 Å². The Bertz CT molecular complexity index is 502. The summed E-state index contributed by atoms with van der Waals surface area (Å²) in [6.07, 6.45) is 3.27. The van der Waals surface area contributed by atoms with Crippen LogP contribution in [0.15, 0.2) is 24.5 Å². The Balaban J connectivity index is 2.43. The topological polar surface area (TPSA) is 42.7 Å². The molecular formula is C12H14Cl2N4. The van der Waals surface area contributed by atoms with Gasteiger partial charge >= 0.3 is 0 Å². The van der Waals surface area contributed by atoms with E-state index in [4.69, 9.17) is 23.2 Å². The zero-order chi connectivity index (χ0) is 13.1. The molecule has 0 amide bonds. The number of hydrogen-bond donors (Lipinski definition) is 1. The van der Waals surface area contributed by atoms with Gasteiger partial charge in [0.05, 0.1) is 33.7 Å². The number of pyridine rings is 1. The lowest BCUT2D eigenvalue weighted by Crippen LogP contribution is -2.25. The predicted molar refractivity (Wildman–Crippen MR) is 73.0 cm³/mol. The van der Waals surface area contributed by atoms with E-state index in [1.807, 2.05) is 26.1 Å². The van der Waals surface area contributed by atoms with Crippen molar-refractivity contribution >= 4 is 23.2 Å². The lowest BCUT2D eigenvalue weighted by atomic mass is 10.1. The number of aryl methyl sites for hydroxylation is 1. The molecule has 0 spiro atoms. The molecule has 2 aromatic heterocycles. The minimum absolute atomic E-state index is 0.0905. The van der Waals surface area contributed by atoms with Gasteiger partial charge in [0, 0.05) is 13.2 Å². The fourth-order valence-electron chi connectivity index (χ4n) is 1.85. The maximum atomic E-state index is 6.18. The smallest absolute Gasteiger partial charge is 0.0936 e. The van der Waals surface area contributed by atoms with Gasteiger partial charge in [0.15, 0.2) is 0 Å².